The maximum atomic E-state index is 11.8. The van der Waals surface area contributed by atoms with Gasteiger partial charge in [-0.25, -0.2) is 4.98 Å². The second-order valence-corrected chi connectivity index (χ2v) is 7.19. The SMILES string of the molecule is CC(C)(C)CN1CC(C)(C)n2cn[c]c2C1C(N)=O. The summed E-state index contributed by atoms with van der Waals surface area (Å²) in [5.41, 5.74) is 6.36. The molecular formula is C14H23N4O. The monoisotopic (exact) mass is 263 g/mol. The third kappa shape index (κ3) is 2.66. The molecule has 0 aromatic carbocycles. The van der Waals surface area contributed by atoms with Gasteiger partial charge in [-0.15, -0.1) is 0 Å². The van der Waals surface area contributed by atoms with Gasteiger partial charge in [0.2, 0.25) is 5.91 Å². The van der Waals surface area contributed by atoms with Gasteiger partial charge in [-0.1, -0.05) is 20.8 Å². The molecule has 1 aliphatic heterocycles. The molecule has 5 nitrogen and oxygen atoms in total. The summed E-state index contributed by atoms with van der Waals surface area (Å²) in [4.78, 5) is 18.1. The van der Waals surface area contributed by atoms with Crippen molar-refractivity contribution in [1.82, 2.24) is 14.5 Å². The van der Waals surface area contributed by atoms with Crippen molar-refractivity contribution in [2.24, 2.45) is 11.1 Å². The minimum atomic E-state index is -0.435. The van der Waals surface area contributed by atoms with Crippen molar-refractivity contribution in [3.8, 4) is 0 Å². The Labute approximate surface area is 114 Å². The number of nitrogens with zero attached hydrogens (tertiary/aromatic N) is 3. The predicted molar refractivity (Wildman–Crippen MR) is 73.3 cm³/mol. The Hall–Kier alpha value is -1.36. The fourth-order valence-electron chi connectivity index (χ4n) is 2.85. The van der Waals surface area contributed by atoms with Gasteiger partial charge in [0.05, 0.1) is 17.6 Å². The van der Waals surface area contributed by atoms with Gasteiger partial charge < -0.3 is 10.3 Å². The molecule has 1 aliphatic rings. The first-order valence-electron chi connectivity index (χ1n) is 6.61. The number of imidazole rings is 1. The van der Waals surface area contributed by atoms with Crippen LogP contribution >= 0.6 is 0 Å². The van der Waals surface area contributed by atoms with E-state index in [1.807, 2.05) is 4.57 Å². The van der Waals surface area contributed by atoms with Crippen molar-refractivity contribution >= 4 is 5.91 Å². The Morgan fingerprint density at radius 2 is 2.21 bits per heavy atom. The second kappa shape index (κ2) is 4.34. The van der Waals surface area contributed by atoms with E-state index in [0.29, 0.717) is 0 Å². The third-order valence-corrected chi connectivity index (χ3v) is 3.43. The van der Waals surface area contributed by atoms with E-state index in [4.69, 9.17) is 5.73 Å². The van der Waals surface area contributed by atoms with Crippen LogP contribution in [0.2, 0.25) is 0 Å². The number of carbonyl (C=O) groups is 1. The van der Waals surface area contributed by atoms with Gasteiger partial charge in [0.1, 0.15) is 12.2 Å². The summed E-state index contributed by atoms with van der Waals surface area (Å²) in [5.74, 6) is -0.335. The molecule has 0 fully saturated rings. The van der Waals surface area contributed by atoms with E-state index >= 15 is 0 Å². The summed E-state index contributed by atoms with van der Waals surface area (Å²) >= 11 is 0. The molecule has 1 aromatic heterocycles. The molecule has 1 atom stereocenters. The highest BCUT2D eigenvalue weighted by atomic mass is 16.1. The highest BCUT2D eigenvalue weighted by Crippen LogP contribution is 2.35. The summed E-state index contributed by atoms with van der Waals surface area (Å²) < 4.78 is 2.02. The standard InChI is InChI=1S/C14H23N4O/c1-13(2,3)7-17-8-14(4,5)18-9-16-6-10(18)11(17)12(15)19/h9,11H,7-8H2,1-5H3,(H2,15,19). The number of hydrogen-bond acceptors (Lipinski definition) is 3. The van der Waals surface area contributed by atoms with Crippen LogP contribution in [0.1, 0.15) is 46.4 Å². The van der Waals surface area contributed by atoms with Crippen LogP contribution in [0.5, 0.6) is 0 Å². The van der Waals surface area contributed by atoms with Gasteiger partial charge in [0.25, 0.3) is 0 Å². The molecule has 0 bridgehead atoms. The van der Waals surface area contributed by atoms with E-state index in [2.05, 4.69) is 50.7 Å². The molecule has 0 aliphatic carbocycles. The Morgan fingerprint density at radius 3 is 2.74 bits per heavy atom. The number of amides is 1. The predicted octanol–water partition coefficient (Wildman–Crippen LogP) is 1.31. The van der Waals surface area contributed by atoms with Crippen LogP contribution in [0.4, 0.5) is 0 Å². The van der Waals surface area contributed by atoms with E-state index < -0.39 is 6.04 Å². The molecule has 2 heterocycles. The van der Waals surface area contributed by atoms with Gasteiger partial charge in [0.15, 0.2) is 0 Å². The van der Waals surface area contributed by atoms with E-state index in [-0.39, 0.29) is 16.9 Å². The zero-order valence-corrected chi connectivity index (χ0v) is 12.4. The Balaban J connectivity index is 2.43. The van der Waals surface area contributed by atoms with Gasteiger partial charge in [-0.3, -0.25) is 9.69 Å². The number of aromatic nitrogens is 2. The third-order valence-electron chi connectivity index (χ3n) is 3.43. The number of nitrogens with two attached hydrogens (primary N) is 1. The fraction of sp³-hybridized carbons (Fsp3) is 0.714. The zero-order valence-electron chi connectivity index (χ0n) is 12.4. The van der Waals surface area contributed by atoms with Crippen LogP contribution in [-0.4, -0.2) is 33.4 Å². The summed E-state index contributed by atoms with van der Waals surface area (Å²) in [6, 6.07) is -0.435. The van der Waals surface area contributed by atoms with Gasteiger partial charge in [-0.05, 0) is 19.3 Å². The highest BCUT2D eigenvalue weighted by molar-refractivity contribution is 5.81. The molecule has 2 rings (SSSR count). The Morgan fingerprint density at radius 1 is 1.58 bits per heavy atom. The van der Waals surface area contributed by atoms with E-state index in [1.54, 1.807) is 6.33 Å². The molecule has 0 spiro atoms. The molecule has 1 radical (unpaired) electrons. The Kier molecular flexibility index (Phi) is 3.21. The lowest BCUT2D eigenvalue weighted by Crippen LogP contribution is -2.54. The van der Waals surface area contributed by atoms with Crippen LogP contribution in [0.3, 0.4) is 0 Å². The van der Waals surface area contributed by atoms with Crippen LogP contribution in [0, 0.1) is 11.6 Å². The molecule has 105 valence electrons. The lowest BCUT2D eigenvalue weighted by Gasteiger charge is -2.45. The van der Waals surface area contributed by atoms with Gasteiger partial charge in [-0.2, -0.15) is 0 Å². The summed E-state index contributed by atoms with van der Waals surface area (Å²) in [7, 11) is 0. The normalized spacial score (nSPS) is 23.1. The smallest absolute Gasteiger partial charge is 0.241 e. The van der Waals surface area contributed by atoms with Crippen molar-refractivity contribution in [3.63, 3.8) is 0 Å². The molecular weight excluding hydrogens is 240 g/mol. The van der Waals surface area contributed by atoms with Crippen LogP contribution in [0.15, 0.2) is 6.33 Å². The molecule has 5 heteroatoms. The van der Waals surface area contributed by atoms with Gasteiger partial charge >= 0.3 is 0 Å². The van der Waals surface area contributed by atoms with Crippen molar-refractivity contribution in [2.75, 3.05) is 13.1 Å². The Bertz CT molecular complexity index is 484. The van der Waals surface area contributed by atoms with Crippen molar-refractivity contribution in [2.45, 2.75) is 46.2 Å². The topological polar surface area (TPSA) is 64.2 Å². The average molecular weight is 263 g/mol. The first-order chi connectivity index (χ1) is 8.62. The number of fused-ring (bicyclic) bond motifs is 1. The zero-order chi connectivity index (χ0) is 14.4. The second-order valence-electron chi connectivity index (χ2n) is 7.19. The van der Waals surface area contributed by atoms with Crippen LogP contribution < -0.4 is 5.73 Å². The molecule has 19 heavy (non-hydrogen) atoms. The fourth-order valence-corrected chi connectivity index (χ4v) is 2.85. The first-order valence-corrected chi connectivity index (χ1v) is 6.61. The molecule has 1 aromatic rings. The highest BCUT2D eigenvalue weighted by Gasteiger charge is 2.41. The minimum Gasteiger partial charge on any atom is -0.368 e. The van der Waals surface area contributed by atoms with E-state index in [1.165, 1.54) is 0 Å². The lowest BCUT2D eigenvalue weighted by atomic mass is 9.90. The maximum Gasteiger partial charge on any atom is 0.241 e. The molecule has 2 N–H and O–H groups in total. The van der Waals surface area contributed by atoms with Crippen molar-refractivity contribution < 1.29 is 4.79 Å². The van der Waals surface area contributed by atoms with Gasteiger partial charge in [0, 0.05) is 13.1 Å². The number of rotatable bonds is 2. The largest absolute Gasteiger partial charge is 0.368 e. The quantitative estimate of drug-likeness (QED) is 0.875. The first kappa shape index (κ1) is 14.1. The maximum absolute atomic E-state index is 11.8. The van der Waals surface area contributed by atoms with Crippen molar-refractivity contribution in [1.29, 1.82) is 0 Å². The number of primary amides is 1. The molecule has 0 saturated carbocycles. The van der Waals surface area contributed by atoms with E-state index in [0.717, 1.165) is 18.8 Å². The summed E-state index contributed by atoms with van der Waals surface area (Å²) in [5, 5.41) is 0. The van der Waals surface area contributed by atoms with E-state index in [9.17, 15) is 4.79 Å². The average Bonchev–Trinajstić information content (AvgIpc) is 2.62. The molecule has 0 saturated heterocycles. The van der Waals surface area contributed by atoms with Crippen molar-refractivity contribution in [3.05, 3.63) is 18.2 Å². The van der Waals surface area contributed by atoms with Crippen LogP contribution in [0.25, 0.3) is 0 Å². The summed E-state index contributed by atoms with van der Waals surface area (Å²) in [6.45, 7) is 12.3. The summed E-state index contributed by atoms with van der Waals surface area (Å²) in [6.07, 6.45) is 4.67. The number of hydrogen-bond donors (Lipinski definition) is 1. The van der Waals surface area contributed by atoms with Crippen LogP contribution in [-0.2, 0) is 10.3 Å². The lowest BCUT2D eigenvalue weighted by molar-refractivity contribution is -0.126. The molecule has 1 unspecified atom stereocenters. The molecule has 1 amide bonds. The number of carbonyl (C=O) groups excluding carboxylic acids is 1. The minimum absolute atomic E-state index is 0.103.